The third kappa shape index (κ3) is 6.83. The maximum Gasteiger partial charge on any atom is 0.253 e. The van der Waals surface area contributed by atoms with Gasteiger partial charge in [0.25, 0.3) is 5.91 Å². The fraction of sp³-hybridized carbons (Fsp3) is 0.533. The van der Waals surface area contributed by atoms with E-state index in [-0.39, 0.29) is 17.7 Å². The van der Waals surface area contributed by atoms with E-state index in [4.69, 9.17) is 9.47 Å². The van der Waals surface area contributed by atoms with E-state index in [2.05, 4.69) is 29.3 Å². The number of benzene rings is 2. The highest BCUT2D eigenvalue weighted by molar-refractivity contribution is 5.94. The van der Waals surface area contributed by atoms with Crippen molar-refractivity contribution in [3.05, 3.63) is 59.2 Å². The number of carbonyl (C=O) groups is 2. The number of nitrogens with one attached hydrogen (secondary N) is 1. The minimum Gasteiger partial charge on any atom is -0.493 e. The molecule has 2 aliphatic heterocycles. The van der Waals surface area contributed by atoms with Crippen LogP contribution in [0, 0.1) is 5.92 Å². The molecule has 7 heteroatoms. The normalized spacial score (nSPS) is 17.4. The minimum absolute atomic E-state index is 0.0782. The molecule has 0 spiro atoms. The van der Waals surface area contributed by atoms with E-state index in [1.807, 2.05) is 35.2 Å². The molecule has 2 aromatic rings. The monoisotopic (exact) mass is 507 g/mol. The second-order valence-electron chi connectivity index (χ2n) is 10.1. The van der Waals surface area contributed by atoms with Crippen molar-refractivity contribution < 1.29 is 19.1 Å². The summed E-state index contributed by atoms with van der Waals surface area (Å²) in [5.41, 5.74) is 3.15. The number of ether oxygens (including phenoxy) is 2. The predicted octanol–water partition coefficient (Wildman–Crippen LogP) is 3.94. The van der Waals surface area contributed by atoms with Crippen LogP contribution in [0.25, 0.3) is 0 Å². The van der Waals surface area contributed by atoms with Gasteiger partial charge in [-0.3, -0.25) is 9.59 Å². The Labute approximate surface area is 221 Å². The summed E-state index contributed by atoms with van der Waals surface area (Å²) in [6.45, 7) is 6.24. The quantitative estimate of drug-likeness (QED) is 0.557. The lowest BCUT2D eigenvalue weighted by Crippen LogP contribution is -2.50. The van der Waals surface area contributed by atoms with Crippen molar-refractivity contribution in [2.24, 2.45) is 5.92 Å². The molecule has 0 radical (unpaired) electrons. The smallest absolute Gasteiger partial charge is 0.253 e. The highest BCUT2D eigenvalue weighted by Crippen LogP contribution is 2.28. The molecule has 0 saturated carbocycles. The van der Waals surface area contributed by atoms with Gasteiger partial charge in [-0.25, -0.2) is 0 Å². The van der Waals surface area contributed by atoms with Gasteiger partial charge in [0.05, 0.1) is 14.2 Å². The molecule has 0 aliphatic carbocycles. The number of nitrogens with zero attached hydrogens (tertiary/aromatic N) is 2. The number of hydrogen-bond acceptors (Lipinski definition) is 5. The van der Waals surface area contributed by atoms with Crippen LogP contribution in [0.2, 0.25) is 0 Å². The zero-order valence-electron chi connectivity index (χ0n) is 22.5. The molecule has 200 valence electrons. The van der Waals surface area contributed by atoms with Gasteiger partial charge in [-0.15, -0.1) is 0 Å². The number of methoxy groups -OCH3 is 2. The minimum atomic E-state index is 0.0782. The summed E-state index contributed by atoms with van der Waals surface area (Å²) in [5, 5.41) is 3.13. The van der Waals surface area contributed by atoms with E-state index in [1.165, 1.54) is 5.56 Å². The Morgan fingerprint density at radius 2 is 1.51 bits per heavy atom. The molecule has 0 unspecified atom stereocenters. The molecule has 0 bridgehead atoms. The van der Waals surface area contributed by atoms with Crippen molar-refractivity contribution in [1.29, 1.82) is 0 Å². The Hall–Kier alpha value is -3.06. The fourth-order valence-electron chi connectivity index (χ4n) is 5.54. The maximum atomic E-state index is 12.9. The third-order valence-corrected chi connectivity index (χ3v) is 7.94. The van der Waals surface area contributed by atoms with Crippen LogP contribution in [0.15, 0.2) is 42.5 Å². The van der Waals surface area contributed by atoms with Crippen LogP contribution < -0.4 is 14.8 Å². The summed E-state index contributed by atoms with van der Waals surface area (Å²) in [5.74, 6) is 1.80. The molecule has 2 fully saturated rings. The van der Waals surface area contributed by atoms with Gasteiger partial charge in [-0.05, 0) is 87.0 Å². The first-order valence-electron chi connectivity index (χ1n) is 13.6. The van der Waals surface area contributed by atoms with Crippen LogP contribution in [0.3, 0.4) is 0 Å². The molecular formula is C30H41N3O4. The summed E-state index contributed by atoms with van der Waals surface area (Å²) in [7, 11) is 3.26. The summed E-state index contributed by atoms with van der Waals surface area (Å²) < 4.78 is 10.7. The van der Waals surface area contributed by atoms with E-state index in [9.17, 15) is 9.59 Å². The maximum absolute atomic E-state index is 12.9. The highest BCUT2D eigenvalue weighted by Gasteiger charge is 2.31. The van der Waals surface area contributed by atoms with Crippen LogP contribution in [-0.2, 0) is 17.6 Å². The van der Waals surface area contributed by atoms with Gasteiger partial charge in [-0.1, -0.05) is 25.1 Å². The van der Waals surface area contributed by atoms with Crippen LogP contribution in [-0.4, -0.2) is 74.6 Å². The molecular weight excluding hydrogens is 466 g/mol. The second-order valence-corrected chi connectivity index (χ2v) is 10.1. The summed E-state index contributed by atoms with van der Waals surface area (Å²) in [4.78, 5) is 30.2. The first-order chi connectivity index (χ1) is 18.0. The molecule has 4 rings (SSSR count). The number of amides is 2. The van der Waals surface area contributed by atoms with Crippen LogP contribution in [0.4, 0.5) is 0 Å². The van der Waals surface area contributed by atoms with Crippen molar-refractivity contribution >= 4 is 11.8 Å². The van der Waals surface area contributed by atoms with E-state index in [0.717, 1.165) is 75.8 Å². The number of carbonyl (C=O) groups excluding carboxylic acids is 2. The third-order valence-electron chi connectivity index (χ3n) is 7.94. The Morgan fingerprint density at radius 3 is 2.14 bits per heavy atom. The average Bonchev–Trinajstić information content (AvgIpc) is 2.96. The molecule has 2 heterocycles. The lowest BCUT2D eigenvalue weighted by atomic mass is 9.92. The fourth-order valence-corrected chi connectivity index (χ4v) is 5.54. The average molecular weight is 508 g/mol. The van der Waals surface area contributed by atoms with E-state index in [0.29, 0.717) is 24.1 Å². The zero-order chi connectivity index (χ0) is 26.2. The molecule has 2 aromatic carbocycles. The molecule has 0 atom stereocenters. The number of hydrogen-bond donors (Lipinski definition) is 1. The van der Waals surface area contributed by atoms with E-state index >= 15 is 0 Å². The van der Waals surface area contributed by atoms with Gasteiger partial charge in [0.2, 0.25) is 5.91 Å². The van der Waals surface area contributed by atoms with Gasteiger partial charge in [-0.2, -0.15) is 0 Å². The summed E-state index contributed by atoms with van der Waals surface area (Å²) >= 11 is 0. The van der Waals surface area contributed by atoms with E-state index in [1.54, 1.807) is 14.2 Å². The summed E-state index contributed by atoms with van der Waals surface area (Å²) in [6, 6.07) is 14.4. The molecule has 1 N–H and O–H groups in total. The van der Waals surface area contributed by atoms with Gasteiger partial charge in [0.1, 0.15) is 0 Å². The summed E-state index contributed by atoms with van der Waals surface area (Å²) in [6.07, 6.45) is 5.53. The molecule has 2 saturated heterocycles. The zero-order valence-corrected chi connectivity index (χ0v) is 22.5. The first kappa shape index (κ1) is 27.0. The van der Waals surface area contributed by atoms with Gasteiger partial charge in [0.15, 0.2) is 11.5 Å². The Balaban J connectivity index is 1.16. The molecule has 0 aromatic heterocycles. The molecule has 2 amide bonds. The Kier molecular flexibility index (Phi) is 9.45. The standard InChI is InChI=1S/C30H41N3O4/c1-4-22-5-8-25(9-6-22)30(35)33-19-14-26(15-20-33)32-17-12-24(13-18-32)29(34)31-16-11-23-7-10-27(36-2)28(21-23)37-3/h5-10,21,24,26H,4,11-20H2,1-3H3,(H,31,34). The van der Waals surface area contributed by atoms with Gasteiger partial charge in [0, 0.05) is 37.2 Å². The van der Waals surface area contributed by atoms with Crippen LogP contribution in [0.1, 0.15) is 54.1 Å². The lowest BCUT2D eigenvalue weighted by molar-refractivity contribution is -0.126. The topological polar surface area (TPSA) is 71.1 Å². The number of likely N-dealkylation sites (tertiary alicyclic amines) is 2. The molecule has 2 aliphatic rings. The molecule has 7 nitrogen and oxygen atoms in total. The number of piperidine rings is 2. The highest BCUT2D eigenvalue weighted by atomic mass is 16.5. The SMILES string of the molecule is CCc1ccc(C(=O)N2CCC(N3CCC(C(=O)NCCc4ccc(OC)c(OC)c4)CC3)CC2)cc1. The van der Waals surface area contributed by atoms with Crippen molar-refractivity contribution in [3.8, 4) is 11.5 Å². The van der Waals surface area contributed by atoms with Gasteiger partial charge >= 0.3 is 0 Å². The van der Waals surface area contributed by atoms with Crippen molar-refractivity contribution in [1.82, 2.24) is 15.1 Å². The number of rotatable bonds is 9. The largest absolute Gasteiger partial charge is 0.493 e. The van der Waals surface area contributed by atoms with Crippen molar-refractivity contribution in [2.45, 2.75) is 51.5 Å². The van der Waals surface area contributed by atoms with Crippen LogP contribution in [0.5, 0.6) is 11.5 Å². The van der Waals surface area contributed by atoms with Gasteiger partial charge < -0.3 is 24.6 Å². The van der Waals surface area contributed by atoms with Crippen LogP contribution >= 0.6 is 0 Å². The Morgan fingerprint density at radius 1 is 0.865 bits per heavy atom. The second kappa shape index (κ2) is 13.0. The lowest BCUT2D eigenvalue weighted by Gasteiger charge is -2.41. The molecule has 37 heavy (non-hydrogen) atoms. The Bertz CT molecular complexity index is 1040. The van der Waals surface area contributed by atoms with Crippen molar-refractivity contribution in [3.63, 3.8) is 0 Å². The number of aryl methyl sites for hydroxylation is 1. The van der Waals surface area contributed by atoms with E-state index < -0.39 is 0 Å². The first-order valence-corrected chi connectivity index (χ1v) is 13.6. The predicted molar refractivity (Wildman–Crippen MR) is 145 cm³/mol. The van der Waals surface area contributed by atoms with Crippen molar-refractivity contribution in [2.75, 3.05) is 46.9 Å².